The molecule has 0 unspecified atom stereocenters. The quantitative estimate of drug-likeness (QED) is 0.842. The Hall–Kier alpha value is -1.33. The average Bonchev–Trinajstić information content (AvgIpc) is 2.90. The Bertz CT molecular complexity index is 736. The first-order valence-corrected chi connectivity index (χ1v) is 7.41. The van der Waals surface area contributed by atoms with Gasteiger partial charge in [0, 0.05) is 31.1 Å². The average molecular weight is 355 g/mol. The van der Waals surface area contributed by atoms with Crippen LogP contribution >= 0.6 is 24.8 Å². The van der Waals surface area contributed by atoms with Gasteiger partial charge < -0.3 is 10.5 Å². The van der Waals surface area contributed by atoms with E-state index in [0.29, 0.717) is 18.2 Å². The molecule has 124 valence electrons. The van der Waals surface area contributed by atoms with Crippen molar-refractivity contribution in [1.82, 2.24) is 4.90 Å². The predicted octanol–water partition coefficient (Wildman–Crippen LogP) is 2.89. The molecule has 2 N–H and O–H groups in total. The van der Waals surface area contributed by atoms with Gasteiger partial charge in [0.15, 0.2) is 0 Å². The van der Waals surface area contributed by atoms with Crippen molar-refractivity contribution >= 4 is 41.6 Å². The number of nitrogens with zero attached hydrogens (tertiary/aromatic N) is 1. The molecule has 2 aliphatic rings. The zero-order valence-corrected chi connectivity index (χ0v) is 14.3. The molecule has 0 bridgehead atoms. The van der Waals surface area contributed by atoms with Crippen molar-refractivity contribution in [3.63, 3.8) is 0 Å². The number of cyclic esters (lactones) is 1. The largest absolute Gasteiger partial charge is 0.457 e. The van der Waals surface area contributed by atoms with E-state index in [9.17, 15) is 4.79 Å². The van der Waals surface area contributed by atoms with Gasteiger partial charge in [-0.1, -0.05) is 24.3 Å². The second-order valence-electron chi connectivity index (χ2n) is 5.97. The molecule has 23 heavy (non-hydrogen) atoms. The van der Waals surface area contributed by atoms with E-state index in [4.69, 9.17) is 10.5 Å². The lowest BCUT2D eigenvalue weighted by Gasteiger charge is -2.21. The molecule has 4 nitrogen and oxygen atoms in total. The van der Waals surface area contributed by atoms with Crippen molar-refractivity contribution in [3.05, 3.63) is 47.0 Å². The molecule has 0 radical (unpaired) electrons. The lowest BCUT2D eigenvalue weighted by atomic mass is 9.94. The van der Waals surface area contributed by atoms with Crippen LogP contribution in [0.2, 0.25) is 0 Å². The van der Waals surface area contributed by atoms with Crippen molar-refractivity contribution in [1.29, 1.82) is 0 Å². The maximum atomic E-state index is 11.9. The Balaban J connectivity index is 0.000000960. The minimum Gasteiger partial charge on any atom is -0.457 e. The molecule has 1 saturated heterocycles. The van der Waals surface area contributed by atoms with Crippen LogP contribution in [0.1, 0.15) is 27.9 Å². The second kappa shape index (κ2) is 7.05. The molecule has 2 aromatic rings. The van der Waals surface area contributed by atoms with Crippen molar-refractivity contribution in [2.75, 3.05) is 13.1 Å². The molecule has 0 amide bonds. The molecule has 0 spiro atoms. The number of hydrogen-bond donors (Lipinski definition) is 1. The van der Waals surface area contributed by atoms with Gasteiger partial charge in [0.05, 0.1) is 5.56 Å². The summed E-state index contributed by atoms with van der Waals surface area (Å²) in [4.78, 5) is 14.3. The van der Waals surface area contributed by atoms with Gasteiger partial charge in [0.2, 0.25) is 0 Å². The summed E-state index contributed by atoms with van der Waals surface area (Å²) in [6.45, 7) is 3.27. The number of carbonyl (C=O) groups excluding carboxylic acids is 1. The van der Waals surface area contributed by atoms with E-state index < -0.39 is 0 Å². The standard InChI is InChI=1S/C17H18N2O2.2ClH/c18-13-6-7-19(9-13)8-11-4-5-12-10-21-17(20)15-3-1-2-14(11)16(12)15;;/h1-5,13H,6-10,18H2;2*1H/t13-;;/m0../s1. The minimum atomic E-state index is -0.214. The van der Waals surface area contributed by atoms with Gasteiger partial charge >= 0.3 is 5.97 Å². The number of carbonyl (C=O) groups is 1. The van der Waals surface area contributed by atoms with Crippen LogP contribution in [0, 0.1) is 0 Å². The highest BCUT2D eigenvalue weighted by atomic mass is 35.5. The summed E-state index contributed by atoms with van der Waals surface area (Å²) in [6.07, 6.45) is 1.06. The molecule has 0 aromatic heterocycles. The molecule has 1 atom stereocenters. The number of nitrogens with two attached hydrogens (primary N) is 1. The summed E-state index contributed by atoms with van der Waals surface area (Å²) >= 11 is 0. The van der Waals surface area contributed by atoms with E-state index >= 15 is 0 Å². The number of benzene rings is 2. The molecule has 2 aromatic carbocycles. The number of rotatable bonds is 2. The smallest absolute Gasteiger partial charge is 0.339 e. The van der Waals surface area contributed by atoms with E-state index in [2.05, 4.69) is 23.1 Å². The number of esters is 1. The van der Waals surface area contributed by atoms with Gasteiger partial charge in [-0.15, -0.1) is 24.8 Å². The molecule has 0 saturated carbocycles. The topological polar surface area (TPSA) is 55.6 Å². The van der Waals surface area contributed by atoms with Crippen LogP contribution in [0.25, 0.3) is 10.8 Å². The normalized spacial score (nSPS) is 19.9. The molecule has 4 rings (SSSR count). The Kier molecular flexibility index (Phi) is 5.53. The van der Waals surface area contributed by atoms with Crippen LogP contribution in [0.5, 0.6) is 0 Å². The predicted molar refractivity (Wildman–Crippen MR) is 95.4 cm³/mol. The number of likely N-dealkylation sites (tertiary alicyclic amines) is 1. The first kappa shape index (κ1) is 18.0. The molecule has 6 heteroatoms. The van der Waals surface area contributed by atoms with E-state index in [1.165, 1.54) is 10.9 Å². The third kappa shape index (κ3) is 3.17. The summed E-state index contributed by atoms with van der Waals surface area (Å²) in [5.41, 5.74) is 9.04. The van der Waals surface area contributed by atoms with E-state index in [1.807, 2.05) is 12.1 Å². The van der Waals surface area contributed by atoms with Crippen molar-refractivity contribution in [3.8, 4) is 0 Å². The molecular formula is C17H20Cl2N2O2. The number of hydrogen-bond acceptors (Lipinski definition) is 4. The lowest BCUT2D eigenvalue weighted by molar-refractivity contribution is 0.0463. The van der Waals surface area contributed by atoms with Crippen LogP contribution in [-0.4, -0.2) is 30.0 Å². The Morgan fingerprint density at radius 2 is 2.04 bits per heavy atom. The van der Waals surface area contributed by atoms with Gasteiger partial charge in [-0.25, -0.2) is 4.79 Å². The molecule has 2 heterocycles. The number of halogens is 2. The fourth-order valence-electron chi connectivity index (χ4n) is 3.44. The summed E-state index contributed by atoms with van der Waals surface area (Å²) < 4.78 is 5.22. The molecule has 0 aliphatic carbocycles. The maximum absolute atomic E-state index is 11.9. The zero-order valence-electron chi connectivity index (χ0n) is 12.7. The van der Waals surface area contributed by atoms with Crippen molar-refractivity contribution < 1.29 is 9.53 Å². The third-order valence-electron chi connectivity index (χ3n) is 4.50. The molecular weight excluding hydrogens is 335 g/mol. The Morgan fingerprint density at radius 1 is 1.22 bits per heavy atom. The summed E-state index contributed by atoms with van der Waals surface area (Å²) in [5.74, 6) is -0.214. The van der Waals surface area contributed by atoms with Crippen LogP contribution in [0.3, 0.4) is 0 Å². The third-order valence-corrected chi connectivity index (χ3v) is 4.50. The second-order valence-corrected chi connectivity index (χ2v) is 5.97. The van der Waals surface area contributed by atoms with Crippen LogP contribution in [0.15, 0.2) is 30.3 Å². The summed E-state index contributed by atoms with van der Waals surface area (Å²) in [7, 11) is 0. The molecule has 2 aliphatic heterocycles. The Labute approximate surface area is 147 Å². The fraction of sp³-hybridized carbons (Fsp3) is 0.353. The highest BCUT2D eigenvalue weighted by molar-refractivity contribution is 6.08. The van der Waals surface area contributed by atoms with Gasteiger partial charge in [-0.3, -0.25) is 4.90 Å². The first-order chi connectivity index (χ1) is 10.2. The zero-order chi connectivity index (χ0) is 14.4. The highest BCUT2D eigenvalue weighted by Crippen LogP contribution is 2.31. The maximum Gasteiger partial charge on any atom is 0.339 e. The van der Waals surface area contributed by atoms with Crippen molar-refractivity contribution in [2.24, 2.45) is 5.73 Å². The Morgan fingerprint density at radius 3 is 2.78 bits per heavy atom. The molecule has 1 fully saturated rings. The lowest BCUT2D eigenvalue weighted by Crippen LogP contribution is -2.26. The SMILES string of the molecule is Cl.Cl.N[C@H]1CCN(Cc2ccc3c4c(cccc24)C(=O)OC3)C1. The highest BCUT2D eigenvalue weighted by Gasteiger charge is 2.23. The van der Waals surface area contributed by atoms with Gasteiger partial charge in [-0.2, -0.15) is 0 Å². The van der Waals surface area contributed by atoms with E-state index in [1.54, 1.807) is 0 Å². The summed E-state index contributed by atoms with van der Waals surface area (Å²) in [5, 5.41) is 2.23. The van der Waals surface area contributed by atoms with Crippen LogP contribution < -0.4 is 5.73 Å². The van der Waals surface area contributed by atoms with Gasteiger partial charge in [0.1, 0.15) is 6.61 Å². The van der Waals surface area contributed by atoms with Gasteiger partial charge in [0.25, 0.3) is 0 Å². The fourth-order valence-corrected chi connectivity index (χ4v) is 3.44. The van der Waals surface area contributed by atoms with Crippen LogP contribution in [-0.2, 0) is 17.9 Å². The van der Waals surface area contributed by atoms with Crippen LogP contribution in [0.4, 0.5) is 0 Å². The van der Waals surface area contributed by atoms with Gasteiger partial charge in [-0.05, 0) is 29.0 Å². The number of ether oxygens (including phenoxy) is 1. The monoisotopic (exact) mass is 354 g/mol. The minimum absolute atomic E-state index is 0. The van der Waals surface area contributed by atoms with E-state index in [-0.39, 0.29) is 30.8 Å². The first-order valence-electron chi connectivity index (χ1n) is 7.41. The summed E-state index contributed by atoms with van der Waals surface area (Å²) in [6, 6.07) is 10.4. The van der Waals surface area contributed by atoms with E-state index in [0.717, 1.165) is 37.0 Å². The van der Waals surface area contributed by atoms with Crippen molar-refractivity contribution in [2.45, 2.75) is 25.6 Å².